The van der Waals surface area contributed by atoms with E-state index in [-0.39, 0.29) is 29.9 Å². The van der Waals surface area contributed by atoms with Crippen molar-refractivity contribution < 1.29 is 24.3 Å². The van der Waals surface area contributed by atoms with E-state index in [1.165, 1.54) is 12.1 Å². The summed E-state index contributed by atoms with van der Waals surface area (Å²) in [6.45, 7) is 7.86. The predicted octanol–water partition coefficient (Wildman–Crippen LogP) is 3.31. The third-order valence-electron chi connectivity index (χ3n) is 5.65. The van der Waals surface area contributed by atoms with E-state index in [2.05, 4.69) is 24.1 Å². The number of fused-ring (bicyclic) bond motifs is 1. The van der Waals surface area contributed by atoms with Crippen LogP contribution in [0, 0.1) is 6.92 Å². The molecule has 3 rings (SSSR count). The van der Waals surface area contributed by atoms with Gasteiger partial charge >= 0.3 is 5.97 Å². The van der Waals surface area contributed by atoms with E-state index in [9.17, 15) is 24.3 Å². The largest absolute Gasteiger partial charge is 0.480 e. The van der Waals surface area contributed by atoms with Crippen molar-refractivity contribution >= 4 is 35.1 Å². The van der Waals surface area contributed by atoms with Crippen LogP contribution < -0.4 is 10.2 Å². The number of aryl methyl sites for hydroxylation is 1. The number of imide groups is 1. The van der Waals surface area contributed by atoms with Gasteiger partial charge in [-0.05, 0) is 63.1 Å². The minimum absolute atomic E-state index is 0.152. The number of nitrogens with one attached hydrogen (secondary N) is 1. The Labute approximate surface area is 186 Å². The number of aliphatic carboxylic acids is 1. The summed E-state index contributed by atoms with van der Waals surface area (Å²) >= 11 is 0. The molecule has 0 saturated carbocycles. The zero-order valence-electron chi connectivity index (χ0n) is 18.4. The minimum Gasteiger partial charge on any atom is -0.480 e. The van der Waals surface area contributed by atoms with Gasteiger partial charge in [-0.1, -0.05) is 12.1 Å². The van der Waals surface area contributed by atoms with Gasteiger partial charge in [0.15, 0.2) is 0 Å². The number of hydrogen-bond donors (Lipinski definition) is 2. The molecule has 1 aliphatic heterocycles. The summed E-state index contributed by atoms with van der Waals surface area (Å²) in [6, 6.07) is 10.4. The number of carbonyl (C=O) groups is 4. The molecular weight excluding hydrogens is 410 g/mol. The number of anilines is 2. The van der Waals surface area contributed by atoms with Crippen molar-refractivity contribution in [3.8, 4) is 0 Å². The molecule has 8 nitrogen and oxygen atoms in total. The number of benzene rings is 2. The van der Waals surface area contributed by atoms with Crippen molar-refractivity contribution in [1.29, 1.82) is 0 Å². The first-order chi connectivity index (χ1) is 15.3. The molecule has 2 aromatic rings. The lowest BCUT2D eigenvalue weighted by molar-refractivity contribution is -0.141. The van der Waals surface area contributed by atoms with Gasteiger partial charge in [-0.2, -0.15) is 0 Å². The maximum absolute atomic E-state index is 12.6. The number of carboxylic acids is 1. The van der Waals surface area contributed by atoms with Gasteiger partial charge in [-0.25, -0.2) is 4.79 Å². The topological polar surface area (TPSA) is 107 Å². The van der Waals surface area contributed by atoms with E-state index in [0.717, 1.165) is 29.2 Å². The average Bonchev–Trinajstić information content (AvgIpc) is 3.01. The average molecular weight is 437 g/mol. The monoisotopic (exact) mass is 437 g/mol. The van der Waals surface area contributed by atoms with Gasteiger partial charge < -0.3 is 15.3 Å². The molecule has 0 aromatic heterocycles. The van der Waals surface area contributed by atoms with E-state index in [4.69, 9.17) is 0 Å². The van der Waals surface area contributed by atoms with Crippen LogP contribution in [0.3, 0.4) is 0 Å². The van der Waals surface area contributed by atoms with Crippen LogP contribution in [0.5, 0.6) is 0 Å². The molecule has 2 N–H and O–H groups in total. The Morgan fingerprint density at radius 2 is 1.62 bits per heavy atom. The Hall–Kier alpha value is -3.68. The normalized spacial score (nSPS) is 13.7. The van der Waals surface area contributed by atoms with Crippen LogP contribution in [0.2, 0.25) is 0 Å². The fourth-order valence-electron chi connectivity index (χ4n) is 4.00. The quantitative estimate of drug-likeness (QED) is 0.583. The number of carbonyl (C=O) groups excluding carboxylic acids is 3. The molecule has 2 aromatic carbocycles. The predicted molar refractivity (Wildman–Crippen MR) is 121 cm³/mol. The molecule has 3 amide bonds. The maximum atomic E-state index is 12.6. The number of hydrogen-bond acceptors (Lipinski definition) is 5. The van der Waals surface area contributed by atoms with Crippen molar-refractivity contribution in [2.75, 3.05) is 23.3 Å². The Bertz CT molecular complexity index is 1030. The van der Waals surface area contributed by atoms with Crippen LogP contribution in [0.1, 0.15) is 53.0 Å². The SMILES string of the molecule is CCN(CC)c1ccc(NC(=O)CC[C@@H](C(=O)O)N2C(=O)c3ccccc3C2=O)cc1C. The first kappa shape index (κ1) is 23.0. The summed E-state index contributed by atoms with van der Waals surface area (Å²) in [5.74, 6) is -3.02. The fourth-order valence-corrected chi connectivity index (χ4v) is 4.00. The third-order valence-corrected chi connectivity index (χ3v) is 5.65. The van der Waals surface area contributed by atoms with E-state index < -0.39 is 23.8 Å². The van der Waals surface area contributed by atoms with Crippen LogP contribution in [0.15, 0.2) is 42.5 Å². The molecule has 8 heteroatoms. The summed E-state index contributed by atoms with van der Waals surface area (Å²) in [7, 11) is 0. The summed E-state index contributed by atoms with van der Waals surface area (Å²) in [5, 5.41) is 12.4. The van der Waals surface area contributed by atoms with Crippen molar-refractivity contribution in [2.24, 2.45) is 0 Å². The molecule has 0 spiro atoms. The van der Waals surface area contributed by atoms with Crippen LogP contribution in [-0.2, 0) is 9.59 Å². The zero-order chi connectivity index (χ0) is 23.4. The first-order valence-electron chi connectivity index (χ1n) is 10.6. The highest BCUT2D eigenvalue weighted by Gasteiger charge is 2.42. The van der Waals surface area contributed by atoms with Crippen molar-refractivity contribution in [3.63, 3.8) is 0 Å². The highest BCUT2D eigenvalue weighted by atomic mass is 16.4. The molecule has 32 heavy (non-hydrogen) atoms. The molecule has 168 valence electrons. The molecule has 0 radical (unpaired) electrons. The van der Waals surface area contributed by atoms with Crippen molar-refractivity contribution in [3.05, 3.63) is 59.2 Å². The lowest BCUT2D eigenvalue weighted by atomic mass is 10.1. The van der Waals surface area contributed by atoms with Crippen LogP contribution >= 0.6 is 0 Å². The van der Waals surface area contributed by atoms with E-state index >= 15 is 0 Å². The Morgan fingerprint density at radius 3 is 2.12 bits per heavy atom. The molecule has 1 heterocycles. The second-order valence-electron chi connectivity index (χ2n) is 7.64. The van der Waals surface area contributed by atoms with Gasteiger partial charge in [0, 0.05) is 30.9 Å². The Morgan fingerprint density at radius 1 is 1.03 bits per heavy atom. The third kappa shape index (κ3) is 4.49. The van der Waals surface area contributed by atoms with Gasteiger partial charge in [-0.3, -0.25) is 19.3 Å². The van der Waals surface area contributed by atoms with Gasteiger partial charge in [0.25, 0.3) is 11.8 Å². The fraction of sp³-hybridized carbons (Fsp3) is 0.333. The molecule has 0 unspecified atom stereocenters. The lowest BCUT2D eigenvalue weighted by Gasteiger charge is -2.24. The van der Waals surface area contributed by atoms with Crippen molar-refractivity contribution in [2.45, 2.75) is 39.7 Å². The smallest absolute Gasteiger partial charge is 0.326 e. The van der Waals surface area contributed by atoms with Crippen LogP contribution in [-0.4, -0.2) is 52.8 Å². The van der Waals surface area contributed by atoms with Gasteiger partial charge in [0.05, 0.1) is 11.1 Å². The van der Waals surface area contributed by atoms with E-state index in [0.29, 0.717) is 5.69 Å². The number of carboxylic acid groups (broad SMARTS) is 1. The minimum atomic E-state index is -1.42. The molecular formula is C24H27N3O5. The first-order valence-corrected chi connectivity index (χ1v) is 10.6. The Kier molecular flexibility index (Phi) is 6.92. The Balaban J connectivity index is 1.67. The highest BCUT2D eigenvalue weighted by molar-refractivity contribution is 6.22. The highest BCUT2D eigenvalue weighted by Crippen LogP contribution is 2.27. The van der Waals surface area contributed by atoms with Gasteiger partial charge in [0.2, 0.25) is 5.91 Å². The van der Waals surface area contributed by atoms with Crippen molar-refractivity contribution in [1.82, 2.24) is 4.90 Å². The van der Waals surface area contributed by atoms with Crippen LogP contribution in [0.4, 0.5) is 11.4 Å². The molecule has 0 aliphatic carbocycles. The summed E-state index contributed by atoms with van der Waals surface area (Å²) in [6.07, 6.45) is -0.329. The second kappa shape index (κ2) is 9.64. The standard InChI is InChI=1S/C24H27N3O5/c1-4-26(5-2)19-11-10-16(14-15(19)3)25-21(28)13-12-20(24(31)32)27-22(29)17-8-6-7-9-18(17)23(27)30/h6-11,14,20H,4-5,12-13H2,1-3H3,(H,25,28)(H,31,32)/t20-/m0/s1. The molecule has 0 saturated heterocycles. The van der Waals surface area contributed by atoms with Crippen LogP contribution in [0.25, 0.3) is 0 Å². The van der Waals surface area contributed by atoms with E-state index in [1.54, 1.807) is 18.2 Å². The summed E-state index contributed by atoms with van der Waals surface area (Å²) in [4.78, 5) is 52.4. The molecule has 0 bridgehead atoms. The number of rotatable bonds is 9. The number of amides is 3. The molecule has 1 aliphatic rings. The summed E-state index contributed by atoms with van der Waals surface area (Å²) < 4.78 is 0. The van der Waals surface area contributed by atoms with Gasteiger partial charge in [0.1, 0.15) is 6.04 Å². The lowest BCUT2D eigenvalue weighted by Crippen LogP contribution is -2.45. The molecule has 1 atom stereocenters. The molecule has 0 fully saturated rings. The van der Waals surface area contributed by atoms with E-state index in [1.807, 2.05) is 19.1 Å². The maximum Gasteiger partial charge on any atom is 0.326 e. The second-order valence-corrected chi connectivity index (χ2v) is 7.64. The zero-order valence-corrected chi connectivity index (χ0v) is 18.4. The number of nitrogens with zero attached hydrogens (tertiary/aromatic N) is 2. The van der Waals surface area contributed by atoms with Gasteiger partial charge in [-0.15, -0.1) is 0 Å². The summed E-state index contributed by atoms with van der Waals surface area (Å²) in [5.41, 5.74) is 3.07.